The van der Waals surface area contributed by atoms with Gasteiger partial charge in [-0.15, -0.1) is 0 Å². The van der Waals surface area contributed by atoms with Crippen LogP contribution in [0.3, 0.4) is 0 Å². The second-order valence-corrected chi connectivity index (χ2v) is 6.39. The number of aryl methyl sites for hydroxylation is 1. The van der Waals surface area contributed by atoms with E-state index >= 15 is 0 Å². The van der Waals surface area contributed by atoms with E-state index in [9.17, 15) is 4.79 Å². The number of fused-ring (bicyclic) bond motifs is 1. The lowest BCUT2D eigenvalue weighted by Gasteiger charge is -2.09. The van der Waals surface area contributed by atoms with Crippen molar-refractivity contribution in [1.82, 2.24) is 14.7 Å². The Morgan fingerprint density at radius 1 is 1.17 bits per heavy atom. The van der Waals surface area contributed by atoms with Crippen LogP contribution in [0.1, 0.15) is 32.6 Å². The number of amides is 1. The minimum Gasteiger partial charge on any atom is -0.337 e. The zero-order valence-electron chi connectivity index (χ0n) is 13.9. The molecule has 1 aromatic heterocycles. The highest BCUT2D eigenvalue weighted by Crippen LogP contribution is 2.26. The Bertz CT molecular complexity index is 895. The van der Waals surface area contributed by atoms with Crippen molar-refractivity contribution in [3.8, 4) is 5.69 Å². The monoisotopic (exact) mass is 317 g/mol. The first-order valence-electron chi connectivity index (χ1n) is 8.08. The SMILES string of the molecule is Cc1cc2c(cc1Cc1ccc(-n3cccn3)cc1)C(=O)N(C)C2. The number of benzene rings is 2. The Balaban J connectivity index is 1.61. The van der Waals surface area contributed by atoms with E-state index < -0.39 is 0 Å². The molecular formula is C20H19N3O. The van der Waals surface area contributed by atoms with Crippen LogP contribution in [0, 0.1) is 6.92 Å². The molecule has 24 heavy (non-hydrogen) atoms. The van der Waals surface area contributed by atoms with Gasteiger partial charge < -0.3 is 4.90 Å². The molecule has 0 N–H and O–H groups in total. The van der Waals surface area contributed by atoms with Crippen LogP contribution < -0.4 is 0 Å². The highest BCUT2D eigenvalue weighted by atomic mass is 16.2. The average molecular weight is 317 g/mol. The van der Waals surface area contributed by atoms with Gasteiger partial charge in [-0.05, 0) is 59.9 Å². The molecule has 1 aliphatic rings. The van der Waals surface area contributed by atoms with Gasteiger partial charge in [-0.1, -0.05) is 18.2 Å². The molecule has 4 rings (SSSR count). The molecule has 1 aliphatic heterocycles. The molecule has 0 saturated heterocycles. The number of hydrogen-bond acceptors (Lipinski definition) is 2. The predicted molar refractivity (Wildman–Crippen MR) is 93.3 cm³/mol. The average Bonchev–Trinajstić information content (AvgIpc) is 3.19. The maximum atomic E-state index is 12.2. The molecule has 0 fully saturated rings. The van der Waals surface area contributed by atoms with Crippen molar-refractivity contribution in [2.75, 3.05) is 7.05 Å². The summed E-state index contributed by atoms with van der Waals surface area (Å²) < 4.78 is 1.85. The number of carbonyl (C=O) groups excluding carboxylic acids is 1. The molecule has 0 aliphatic carbocycles. The largest absolute Gasteiger partial charge is 0.337 e. The lowest BCUT2D eigenvalue weighted by molar-refractivity contribution is 0.0816. The molecule has 3 aromatic rings. The fraction of sp³-hybridized carbons (Fsp3) is 0.200. The van der Waals surface area contributed by atoms with Crippen LogP contribution in [0.25, 0.3) is 5.69 Å². The van der Waals surface area contributed by atoms with Gasteiger partial charge in [-0.3, -0.25) is 4.79 Å². The maximum Gasteiger partial charge on any atom is 0.254 e. The van der Waals surface area contributed by atoms with E-state index in [1.54, 1.807) is 11.1 Å². The minimum atomic E-state index is 0.125. The van der Waals surface area contributed by atoms with Crippen LogP contribution in [0.5, 0.6) is 0 Å². The van der Waals surface area contributed by atoms with Crippen molar-refractivity contribution >= 4 is 5.91 Å². The number of hydrogen-bond donors (Lipinski definition) is 0. The molecule has 0 bridgehead atoms. The van der Waals surface area contributed by atoms with Crippen molar-refractivity contribution in [1.29, 1.82) is 0 Å². The molecule has 1 amide bonds. The van der Waals surface area contributed by atoms with Gasteiger partial charge in [0, 0.05) is 31.5 Å². The van der Waals surface area contributed by atoms with E-state index in [4.69, 9.17) is 0 Å². The summed E-state index contributed by atoms with van der Waals surface area (Å²) in [5, 5.41) is 4.24. The van der Waals surface area contributed by atoms with E-state index in [-0.39, 0.29) is 5.91 Å². The quantitative estimate of drug-likeness (QED) is 0.743. The van der Waals surface area contributed by atoms with Crippen molar-refractivity contribution in [3.63, 3.8) is 0 Å². The topological polar surface area (TPSA) is 38.1 Å². The third-order valence-electron chi connectivity index (χ3n) is 4.65. The van der Waals surface area contributed by atoms with Gasteiger partial charge >= 0.3 is 0 Å². The second kappa shape index (κ2) is 5.64. The highest BCUT2D eigenvalue weighted by molar-refractivity contribution is 5.98. The van der Waals surface area contributed by atoms with E-state index in [1.807, 2.05) is 24.0 Å². The summed E-state index contributed by atoms with van der Waals surface area (Å²) in [6, 6.07) is 14.5. The first-order valence-corrected chi connectivity index (χ1v) is 8.08. The van der Waals surface area contributed by atoms with Crippen molar-refractivity contribution in [2.45, 2.75) is 19.9 Å². The molecule has 4 heteroatoms. The summed E-state index contributed by atoms with van der Waals surface area (Å²) in [6.45, 7) is 2.84. The van der Waals surface area contributed by atoms with Gasteiger partial charge in [0.1, 0.15) is 0 Å². The van der Waals surface area contributed by atoms with E-state index in [0.717, 1.165) is 23.2 Å². The van der Waals surface area contributed by atoms with Crippen molar-refractivity contribution in [3.05, 3.63) is 82.7 Å². The number of aromatic nitrogens is 2. The Hall–Kier alpha value is -2.88. The van der Waals surface area contributed by atoms with Crippen LogP contribution in [0.2, 0.25) is 0 Å². The number of carbonyl (C=O) groups is 1. The summed E-state index contributed by atoms with van der Waals surface area (Å²) in [6.07, 6.45) is 4.53. The smallest absolute Gasteiger partial charge is 0.254 e. The van der Waals surface area contributed by atoms with Crippen LogP contribution in [-0.4, -0.2) is 27.6 Å². The fourth-order valence-corrected chi connectivity index (χ4v) is 3.27. The lowest BCUT2D eigenvalue weighted by Crippen LogP contribution is -2.17. The fourth-order valence-electron chi connectivity index (χ4n) is 3.27. The zero-order valence-corrected chi connectivity index (χ0v) is 13.9. The molecule has 2 heterocycles. The first-order chi connectivity index (χ1) is 11.6. The van der Waals surface area contributed by atoms with E-state index in [2.05, 4.69) is 48.4 Å². The Kier molecular flexibility index (Phi) is 3.45. The molecule has 0 spiro atoms. The summed E-state index contributed by atoms with van der Waals surface area (Å²) >= 11 is 0. The normalized spacial score (nSPS) is 13.4. The summed E-state index contributed by atoms with van der Waals surface area (Å²) in [4.78, 5) is 14.0. The standard InChI is InChI=1S/C20H19N3O/c1-14-10-17-13-22(2)20(24)19(17)12-16(14)11-15-4-6-18(7-5-15)23-9-3-8-21-23/h3-10,12H,11,13H2,1-2H3. The van der Waals surface area contributed by atoms with Crippen LogP contribution in [0.4, 0.5) is 0 Å². The van der Waals surface area contributed by atoms with Gasteiger partial charge in [-0.2, -0.15) is 5.10 Å². The number of rotatable bonds is 3. The molecule has 2 aromatic carbocycles. The van der Waals surface area contributed by atoms with Crippen LogP contribution in [0.15, 0.2) is 54.9 Å². The number of nitrogens with zero attached hydrogens (tertiary/aromatic N) is 3. The summed E-state index contributed by atoms with van der Waals surface area (Å²) in [7, 11) is 1.85. The molecule has 0 radical (unpaired) electrons. The van der Waals surface area contributed by atoms with Gasteiger partial charge in [0.25, 0.3) is 5.91 Å². The zero-order chi connectivity index (χ0) is 16.7. The Morgan fingerprint density at radius 3 is 2.67 bits per heavy atom. The minimum absolute atomic E-state index is 0.125. The Labute approximate surface area is 141 Å². The van der Waals surface area contributed by atoms with Gasteiger partial charge in [0.15, 0.2) is 0 Å². The predicted octanol–water partition coefficient (Wildman–Crippen LogP) is 3.36. The van der Waals surface area contributed by atoms with Gasteiger partial charge in [-0.25, -0.2) is 4.68 Å². The summed E-state index contributed by atoms with van der Waals surface area (Å²) in [5.41, 5.74) is 6.72. The van der Waals surface area contributed by atoms with Gasteiger partial charge in [0.2, 0.25) is 0 Å². The Morgan fingerprint density at radius 2 is 1.96 bits per heavy atom. The summed E-state index contributed by atoms with van der Waals surface area (Å²) in [5.74, 6) is 0.125. The van der Waals surface area contributed by atoms with Crippen LogP contribution in [-0.2, 0) is 13.0 Å². The molecule has 0 saturated carbocycles. The second-order valence-electron chi connectivity index (χ2n) is 6.39. The molecule has 0 atom stereocenters. The maximum absolute atomic E-state index is 12.2. The third-order valence-corrected chi connectivity index (χ3v) is 4.65. The van der Waals surface area contributed by atoms with Gasteiger partial charge in [0.05, 0.1) is 5.69 Å². The lowest BCUT2D eigenvalue weighted by atomic mass is 9.95. The van der Waals surface area contributed by atoms with Crippen LogP contribution >= 0.6 is 0 Å². The molecule has 4 nitrogen and oxygen atoms in total. The molecule has 120 valence electrons. The van der Waals surface area contributed by atoms with E-state index in [0.29, 0.717) is 6.54 Å². The molecular weight excluding hydrogens is 298 g/mol. The highest BCUT2D eigenvalue weighted by Gasteiger charge is 2.25. The van der Waals surface area contributed by atoms with E-state index in [1.165, 1.54) is 16.7 Å². The third kappa shape index (κ3) is 2.50. The van der Waals surface area contributed by atoms with Crippen molar-refractivity contribution < 1.29 is 4.79 Å². The molecule has 0 unspecified atom stereocenters. The first kappa shape index (κ1) is 14.7. The van der Waals surface area contributed by atoms with Crippen molar-refractivity contribution in [2.24, 2.45) is 0 Å².